The Morgan fingerprint density at radius 1 is 0.632 bits per heavy atom. The van der Waals surface area contributed by atoms with E-state index in [1.54, 1.807) is 0 Å². The number of aromatic nitrogens is 2. The van der Waals surface area contributed by atoms with Crippen LogP contribution >= 0.6 is 0 Å². The number of hydrogen-bond acceptors (Lipinski definition) is 2. The number of hydrogen-bond donors (Lipinski definition) is 0. The van der Waals surface area contributed by atoms with Gasteiger partial charge >= 0.3 is 0 Å². The zero-order valence-electron chi connectivity index (χ0n) is 47.0. The molecular weight excluding hydrogens is 917 g/mol. The molecule has 0 N–H and O–H groups in total. The number of pyridine rings is 2. The summed E-state index contributed by atoms with van der Waals surface area (Å²) in [7, 11) is 0. The van der Waals surface area contributed by atoms with Crippen LogP contribution in [-0.2, 0) is 18.3 Å². The maximum absolute atomic E-state index is 4.47. The van der Waals surface area contributed by atoms with Crippen LogP contribution in [0.15, 0.2) is 212 Å². The minimum absolute atomic E-state index is 0.0683. The van der Waals surface area contributed by atoms with Crippen molar-refractivity contribution < 1.29 is 0 Å². The Morgan fingerprint density at radius 3 is 2.05 bits per heavy atom. The predicted octanol–water partition coefficient (Wildman–Crippen LogP) is 20.4. The predicted molar refractivity (Wildman–Crippen MR) is 329 cm³/mol. The van der Waals surface area contributed by atoms with Crippen LogP contribution in [0.3, 0.4) is 0 Å². The van der Waals surface area contributed by atoms with Gasteiger partial charge in [-0.3, -0.25) is 9.97 Å². The van der Waals surface area contributed by atoms with Gasteiger partial charge in [0.05, 0.1) is 0 Å². The van der Waals surface area contributed by atoms with Gasteiger partial charge in [0, 0.05) is 41.3 Å². The lowest BCUT2D eigenvalue weighted by atomic mass is 9.71. The molecule has 0 bridgehead atoms. The summed E-state index contributed by atoms with van der Waals surface area (Å²) in [6.45, 7) is 19.8. The lowest BCUT2D eigenvalue weighted by Crippen LogP contribution is -2.22. The Morgan fingerprint density at radius 2 is 1.34 bits per heavy atom. The largest absolute Gasteiger partial charge is 0.264 e. The van der Waals surface area contributed by atoms with Crippen LogP contribution in [-0.4, -0.2) is 9.97 Å². The van der Waals surface area contributed by atoms with E-state index in [1.165, 1.54) is 124 Å². The molecule has 1 saturated carbocycles. The molecule has 0 spiro atoms. The van der Waals surface area contributed by atoms with E-state index in [1.807, 2.05) is 24.8 Å². The minimum atomic E-state index is -0.0683. The van der Waals surface area contributed by atoms with E-state index in [-0.39, 0.29) is 5.41 Å². The van der Waals surface area contributed by atoms with Gasteiger partial charge in [-0.2, -0.15) is 0 Å². The van der Waals surface area contributed by atoms with Gasteiger partial charge in [0.15, 0.2) is 0 Å². The van der Waals surface area contributed by atoms with E-state index < -0.39 is 0 Å². The first kappa shape index (κ1) is 54.8. The summed E-state index contributed by atoms with van der Waals surface area (Å²) in [5, 5.41) is 0. The summed E-state index contributed by atoms with van der Waals surface area (Å²) >= 11 is 0. The van der Waals surface area contributed by atoms with Crippen molar-refractivity contribution in [3.8, 4) is 22.3 Å². The highest BCUT2D eigenvalue weighted by Crippen LogP contribution is 2.44. The van der Waals surface area contributed by atoms with Crippen LogP contribution < -0.4 is 0 Å². The standard InChI is InChI=1S/C37H37N.C37H43N/c1-4-7-30-18-20-37(3,24-35(30)36-25-38-21-19-26(36)2)34-11-6-10-33(23-34)32-9-5-8-31(22-32)29-16-14-28(15-17-29)27-12-13-27;1-7-11-16-32(36-20-18-28(5)29(6)24-36)21-19-30-15-12-17-35(25-30)34(14-9-3)26-31(10-4)37-27-38-23-22-33(37)13-8-2/h5-6,8-11,14-19,21-25,27H,4,7,12-13,20H2,1-3H3;9-12,14-18,20-27H,7-8,13,19H2,1-6H3/b;14-9-,16-11-,31-10-,32-21+,34-26+. The monoisotopic (exact) mass is 997 g/mol. The lowest BCUT2D eigenvalue weighted by Gasteiger charge is -2.33. The van der Waals surface area contributed by atoms with Gasteiger partial charge < -0.3 is 0 Å². The topological polar surface area (TPSA) is 25.8 Å². The summed E-state index contributed by atoms with van der Waals surface area (Å²) in [6, 6.07) is 47.4. The number of aryl methyl sites for hydroxylation is 4. The van der Waals surface area contributed by atoms with E-state index in [2.05, 4.69) is 254 Å². The van der Waals surface area contributed by atoms with E-state index in [0.717, 1.165) is 50.9 Å². The molecule has 2 aliphatic rings. The summed E-state index contributed by atoms with van der Waals surface area (Å²) in [6.07, 6.45) is 38.6. The lowest BCUT2D eigenvalue weighted by molar-refractivity contribution is 0.596. The number of rotatable bonds is 18. The molecule has 2 heteroatoms. The Kier molecular flexibility index (Phi) is 19.0. The molecule has 9 rings (SSSR count). The van der Waals surface area contributed by atoms with Gasteiger partial charge in [-0.05, 0) is 210 Å². The fourth-order valence-electron chi connectivity index (χ4n) is 10.5. The molecule has 2 heterocycles. The molecule has 2 aromatic heterocycles. The molecular formula is C74H80N2. The minimum Gasteiger partial charge on any atom is -0.264 e. The Bertz CT molecular complexity index is 3320. The molecule has 7 aromatic rings. The fourth-order valence-corrected chi connectivity index (χ4v) is 10.5. The first-order chi connectivity index (χ1) is 37.0. The highest BCUT2D eigenvalue weighted by Gasteiger charge is 2.30. The second-order valence-electron chi connectivity index (χ2n) is 21.2. The third kappa shape index (κ3) is 13.9. The molecule has 2 aliphatic carbocycles. The number of nitrogens with zero attached hydrogens (tertiary/aromatic N) is 2. The first-order valence-electron chi connectivity index (χ1n) is 28.2. The van der Waals surface area contributed by atoms with E-state index >= 15 is 0 Å². The van der Waals surface area contributed by atoms with Crippen molar-refractivity contribution in [3.05, 3.63) is 274 Å². The molecule has 0 radical (unpaired) electrons. The van der Waals surface area contributed by atoms with Gasteiger partial charge in [0.2, 0.25) is 0 Å². The van der Waals surface area contributed by atoms with Crippen LogP contribution in [0.2, 0.25) is 0 Å². The van der Waals surface area contributed by atoms with Crippen LogP contribution in [0.25, 0.3) is 44.5 Å². The quantitative estimate of drug-likeness (QED) is 0.0801. The molecule has 0 amide bonds. The molecule has 2 nitrogen and oxygen atoms in total. The zero-order chi connectivity index (χ0) is 53.4. The Hall–Kier alpha value is -7.42. The van der Waals surface area contributed by atoms with Crippen LogP contribution in [0.5, 0.6) is 0 Å². The molecule has 1 atom stereocenters. The highest BCUT2D eigenvalue weighted by molar-refractivity contribution is 5.88. The average molecular weight is 997 g/mol. The average Bonchev–Trinajstić information content (AvgIpc) is 4.31. The van der Waals surface area contributed by atoms with Crippen molar-refractivity contribution >= 4 is 22.3 Å². The third-order valence-corrected chi connectivity index (χ3v) is 15.3. The van der Waals surface area contributed by atoms with Crippen molar-refractivity contribution in [1.82, 2.24) is 9.97 Å². The maximum atomic E-state index is 4.47. The van der Waals surface area contributed by atoms with E-state index in [0.29, 0.717) is 0 Å². The first-order valence-corrected chi connectivity index (χ1v) is 28.2. The van der Waals surface area contributed by atoms with Crippen molar-refractivity contribution in [2.45, 2.75) is 131 Å². The van der Waals surface area contributed by atoms with Gasteiger partial charge in [-0.15, -0.1) is 0 Å². The molecule has 76 heavy (non-hydrogen) atoms. The summed E-state index contributed by atoms with van der Waals surface area (Å²) in [5.74, 6) is 0.795. The fraction of sp³-hybridized carbons (Fsp3) is 0.270. The van der Waals surface area contributed by atoms with Gasteiger partial charge in [0.1, 0.15) is 0 Å². The molecule has 0 aliphatic heterocycles. The molecule has 1 fully saturated rings. The smallest absolute Gasteiger partial charge is 0.0348 e. The van der Waals surface area contributed by atoms with Gasteiger partial charge in [0.25, 0.3) is 0 Å². The highest BCUT2D eigenvalue weighted by atomic mass is 14.6. The van der Waals surface area contributed by atoms with Crippen LogP contribution in [0.1, 0.15) is 154 Å². The number of benzene rings is 5. The van der Waals surface area contributed by atoms with E-state index in [9.17, 15) is 0 Å². The van der Waals surface area contributed by atoms with Crippen molar-refractivity contribution in [1.29, 1.82) is 0 Å². The Balaban J connectivity index is 0.000000201. The normalized spacial score (nSPS) is 16.1. The van der Waals surface area contributed by atoms with Crippen LogP contribution in [0.4, 0.5) is 0 Å². The van der Waals surface area contributed by atoms with Crippen molar-refractivity contribution in [2.75, 3.05) is 0 Å². The van der Waals surface area contributed by atoms with Crippen molar-refractivity contribution in [2.24, 2.45) is 0 Å². The molecule has 1 unspecified atom stereocenters. The van der Waals surface area contributed by atoms with Crippen LogP contribution in [0, 0.1) is 20.8 Å². The van der Waals surface area contributed by atoms with Gasteiger partial charge in [-0.1, -0.05) is 198 Å². The molecule has 0 saturated heterocycles. The summed E-state index contributed by atoms with van der Waals surface area (Å²) in [4.78, 5) is 8.90. The second kappa shape index (κ2) is 26.4. The molecule has 386 valence electrons. The SMILES string of the molecule is CCCC1=CCC(C)(c2cccc(-c3cccc(-c4ccc(C5CC5)cc4)c3)c2)C=C1c1cnccc1C.C\C=C/C(=C\C(=C\C)c1cnccc1CCC)c1cccc(C/C=C(\C=C/CC)c2ccc(C)c(C)c2)c1. The molecule has 5 aromatic carbocycles. The van der Waals surface area contributed by atoms with E-state index in [4.69, 9.17) is 0 Å². The summed E-state index contributed by atoms with van der Waals surface area (Å²) < 4.78 is 0. The Labute approximate surface area is 457 Å². The summed E-state index contributed by atoms with van der Waals surface area (Å²) in [5.41, 5.74) is 26.0. The van der Waals surface area contributed by atoms with Crippen molar-refractivity contribution in [3.63, 3.8) is 0 Å². The second-order valence-corrected chi connectivity index (χ2v) is 21.2. The van der Waals surface area contributed by atoms with Gasteiger partial charge in [-0.25, -0.2) is 0 Å². The third-order valence-electron chi connectivity index (χ3n) is 15.3. The zero-order valence-corrected chi connectivity index (χ0v) is 47.0. The number of allylic oxidation sites excluding steroid dienone is 14. The maximum Gasteiger partial charge on any atom is 0.0348 e.